The van der Waals surface area contributed by atoms with E-state index in [2.05, 4.69) is 0 Å². The van der Waals surface area contributed by atoms with Crippen LogP contribution in [-0.4, -0.2) is 34.0 Å². The number of nitro benzene ring substituents is 1. The lowest BCUT2D eigenvalue weighted by atomic mass is 9.88. The normalized spacial score (nSPS) is 21.4. The van der Waals surface area contributed by atoms with E-state index in [1.165, 1.54) is 18.2 Å². The maximum absolute atomic E-state index is 12.6. The smallest absolute Gasteiger partial charge is 0.417 e. The third-order valence-corrected chi connectivity index (χ3v) is 3.55. The van der Waals surface area contributed by atoms with E-state index < -0.39 is 28.1 Å². The Kier molecular flexibility index (Phi) is 4.12. The van der Waals surface area contributed by atoms with Crippen LogP contribution in [0.2, 0.25) is 0 Å². The predicted octanol–water partition coefficient (Wildman–Crippen LogP) is 1.92. The number of nitro groups is 1. The van der Waals surface area contributed by atoms with Crippen molar-refractivity contribution in [1.82, 2.24) is 4.90 Å². The van der Waals surface area contributed by atoms with Crippen LogP contribution in [0.15, 0.2) is 24.3 Å². The minimum absolute atomic E-state index is 0.0519. The highest BCUT2D eigenvalue weighted by molar-refractivity contribution is 6.00. The Morgan fingerprint density at radius 3 is 2.57 bits per heavy atom. The molecule has 1 heterocycles. The molecule has 0 unspecified atom stereocenters. The summed E-state index contributed by atoms with van der Waals surface area (Å²) in [6, 6.07) is 5.79. The molecule has 1 aromatic carbocycles. The van der Waals surface area contributed by atoms with Gasteiger partial charge >= 0.3 is 6.09 Å². The highest BCUT2D eigenvalue weighted by atomic mass is 16.6. The molecule has 1 saturated heterocycles. The fraction of sp³-hybridized carbons (Fsp3) is 0.467. The average Bonchev–Trinajstić information content (AvgIpc) is 2.74. The second-order valence-corrected chi connectivity index (χ2v) is 6.43. The molecule has 0 aromatic heterocycles. The fourth-order valence-corrected chi connectivity index (χ4v) is 2.49. The van der Waals surface area contributed by atoms with Gasteiger partial charge in [-0.1, -0.05) is 12.1 Å². The van der Waals surface area contributed by atoms with Crippen molar-refractivity contribution in [3.63, 3.8) is 0 Å². The molecule has 0 bridgehead atoms. The number of hydrogen-bond acceptors (Lipinski definition) is 6. The first-order valence-corrected chi connectivity index (χ1v) is 7.14. The van der Waals surface area contributed by atoms with Gasteiger partial charge in [0.2, 0.25) is 0 Å². The molecule has 2 rings (SSSR count). The van der Waals surface area contributed by atoms with E-state index in [0.717, 1.165) is 4.90 Å². The van der Waals surface area contributed by atoms with E-state index in [1.807, 2.05) is 0 Å². The van der Waals surface area contributed by atoms with Crippen LogP contribution < -0.4 is 5.73 Å². The molecule has 1 fully saturated rings. The van der Waals surface area contributed by atoms with Crippen LogP contribution in [-0.2, 0) is 15.1 Å². The Morgan fingerprint density at radius 1 is 1.39 bits per heavy atom. The van der Waals surface area contributed by atoms with Crippen molar-refractivity contribution in [2.24, 2.45) is 5.73 Å². The zero-order chi connectivity index (χ0) is 17.4. The van der Waals surface area contributed by atoms with Crippen molar-refractivity contribution >= 4 is 17.7 Å². The minimum atomic E-state index is -1.61. The van der Waals surface area contributed by atoms with Crippen LogP contribution in [0, 0.1) is 10.1 Å². The molecule has 0 saturated carbocycles. The summed E-state index contributed by atoms with van der Waals surface area (Å²) in [6.45, 7) is 5.10. The van der Waals surface area contributed by atoms with Gasteiger partial charge in [0.15, 0.2) is 0 Å². The summed E-state index contributed by atoms with van der Waals surface area (Å²) in [7, 11) is 0. The molecule has 1 aromatic rings. The van der Waals surface area contributed by atoms with Crippen LogP contribution in [0.5, 0.6) is 0 Å². The predicted molar refractivity (Wildman–Crippen MR) is 81.5 cm³/mol. The van der Waals surface area contributed by atoms with E-state index in [4.69, 9.17) is 10.5 Å². The lowest BCUT2D eigenvalue weighted by molar-refractivity contribution is -0.386. The number of benzene rings is 1. The van der Waals surface area contributed by atoms with Gasteiger partial charge in [0.1, 0.15) is 11.1 Å². The molecule has 8 nitrogen and oxygen atoms in total. The van der Waals surface area contributed by atoms with Gasteiger partial charge in [-0.3, -0.25) is 14.9 Å². The van der Waals surface area contributed by atoms with E-state index in [9.17, 15) is 19.7 Å². The Hall–Kier alpha value is -2.48. The molecule has 2 N–H and O–H groups in total. The highest BCUT2D eigenvalue weighted by Gasteiger charge is 2.50. The molecule has 8 heteroatoms. The number of hydrogen-bond donors (Lipinski definition) is 1. The maximum Gasteiger partial charge on any atom is 0.417 e. The van der Waals surface area contributed by atoms with Gasteiger partial charge in [-0.25, -0.2) is 9.69 Å². The van der Waals surface area contributed by atoms with Crippen molar-refractivity contribution in [2.75, 3.05) is 6.54 Å². The summed E-state index contributed by atoms with van der Waals surface area (Å²) < 4.78 is 5.18. The van der Waals surface area contributed by atoms with Gasteiger partial charge in [-0.15, -0.1) is 0 Å². The summed E-state index contributed by atoms with van der Waals surface area (Å²) in [5, 5.41) is 11.2. The average molecular weight is 321 g/mol. The number of rotatable bonds is 2. The molecule has 0 radical (unpaired) electrons. The molecule has 23 heavy (non-hydrogen) atoms. The van der Waals surface area contributed by atoms with Gasteiger partial charge in [0, 0.05) is 12.6 Å². The molecule has 1 aliphatic heterocycles. The van der Waals surface area contributed by atoms with Crippen molar-refractivity contribution < 1.29 is 19.2 Å². The van der Waals surface area contributed by atoms with E-state index in [0.29, 0.717) is 0 Å². The maximum atomic E-state index is 12.6. The number of nitrogens with zero attached hydrogens (tertiary/aromatic N) is 2. The largest absolute Gasteiger partial charge is 0.443 e. The second-order valence-electron chi connectivity index (χ2n) is 6.43. The van der Waals surface area contributed by atoms with E-state index >= 15 is 0 Å². The summed E-state index contributed by atoms with van der Waals surface area (Å²) in [5.74, 6) is -0.693. The van der Waals surface area contributed by atoms with E-state index in [-0.39, 0.29) is 24.2 Å². The molecule has 1 atom stereocenters. The first-order chi connectivity index (χ1) is 10.6. The molecular formula is C15H19N3O5. The number of likely N-dealkylation sites (tertiary alicyclic amines) is 1. The lowest BCUT2D eigenvalue weighted by Crippen LogP contribution is -2.48. The van der Waals surface area contributed by atoms with Crippen LogP contribution >= 0.6 is 0 Å². The standard InChI is InChI=1S/C15H19N3O5/c1-14(2,3)23-13(20)17-9-8-15(16,12(17)19)10-6-4-5-7-11(10)18(21)22/h4-7H,8-9,16H2,1-3H3/t15-/m0/s1. The summed E-state index contributed by atoms with van der Waals surface area (Å²) in [4.78, 5) is 36.2. The van der Waals surface area contributed by atoms with Gasteiger partial charge in [0.05, 0.1) is 10.5 Å². The summed E-state index contributed by atoms with van der Waals surface area (Å²) in [6.07, 6.45) is -0.705. The van der Waals surface area contributed by atoms with Crippen LogP contribution in [0.4, 0.5) is 10.5 Å². The zero-order valence-corrected chi connectivity index (χ0v) is 13.2. The molecule has 1 aliphatic rings. The molecule has 0 aliphatic carbocycles. The van der Waals surface area contributed by atoms with Crippen LogP contribution in [0.3, 0.4) is 0 Å². The molecular weight excluding hydrogens is 302 g/mol. The van der Waals surface area contributed by atoms with Crippen molar-refractivity contribution in [3.8, 4) is 0 Å². The Bertz CT molecular complexity index is 667. The number of ether oxygens (including phenoxy) is 1. The van der Waals surface area contributed by atoms with Crippen LogP contribution in [0.25, 0.3) is 0 Å². The second kappa shape index (κ2) is 5.62. The first kappa shape index (κ1) is 16.9. The fourth-order valence-electron chi connectivity index (χ4n) is 2.49. The number of amides is 2. The number of imide groups is 1. The van der Waals surface area contributed by atoms with Gasteiger partial charge < -0.3 is 10.5 Å². The molecule has 124 valence electrons. The Morgan fingerprint density at radius 2 is 2.00 bits per heavy atom. The quantitative estimate of drug-likeness (QED) is 0.657. The monoisotopic (exact) mass is 321 g/mol. The van der Waals surface area contributed by atoms with Crippen molar-refractivity contribution in [3.05, 3.63) is 39.9 Å². The SMILES string of the molecule is CC(C)(C)OC(=O)N1CC[C@](N)(c2ccccc2[N+](=O)[O-])C1=O. The minimum Gasteiger partial charge on any atom is -0.443 e. The number of carbonyl (C=O) groups is 2. The lowest BCUT2D eigenvalue weighted by Gasteiger charge is -2.25. The van der Waals surface area contributed by atoms with Crippen LogP contribution in [0.1, 0.15) is 32.8 Å². The van der Waals surface area contributed by atoms with Gasteiger partial charge in [-0.05, 0) is 33.3 Å². The highest BCUT2D eigenvalue weighted by Crippen LogP contribution is 2.36. The van der Waals surface area contributed by atoms with Crippen molar-refractivity contribution in [2.45, 2.75) is 38.3 Å². The topological polar surface area (TPSA) is 116 Å². The molecule has 2 amide bonds. The zero-order valence-electron chi connectivity index (χ0n) is 13.2. The third kappa shape index (κ3) is 3.16. The van der Waals surface area contributed by atoms with Crippen molar-refractivity contribution in [1.29, 1.82) is 0 Å². The third-order valence-electron chi connectivity index (χ3n) is 3.55. The summed E-state index contributed by atoms with van der Waals surface area (Å²) >= 11 is 0. The van der Waals surface area contributed by atoms with Gasteiger partial charge in [-0.2, -0.15) is 0 Å². The Balaban J connectivity index is 2.34. The van der Waals surface area contributed by atoms with Gasteiger partial charge in [0.25, 0.3) is 11.6 Å². The number of carbonyl (C=O) groups excluding carboxylic acids is 2. The number of para-hydroxylation sites is 1. The molecule has 0 spiro atoms. The summed E-state index contributed by atoms with van der Waals surface area (Å²) in [5.41, 5.74) is 3.64. The Labute approximate surface area is 133 Å². The van der Waals surface area contributed by atoms with E-state index in [1.54, 1.807) is 26.8 Å². The number of nitrogens with two attached hydrogens (primary N) is 1. The first-order valence-electron chi connectivity index (χ1n) is 7.14.